The Morgan fingerprint density at radius 3 is 2.40 bits per heavy atom. The van der Waals surface area contributed by atoms with Crippen LogP contribution < -0.4 is 9.62 Å². The maximum atomic E-state index is 12.8. The third kappa shape index (κ3) is 4.97. The van der Waals surface area contributed by atoms with Gasteiger partial charge in [-0.2, -0.15) is 0 Å². The predicted octanol–water partition coefficient (Wildman–Crippen LogP) is 4.27. The fraction of sp³-hybridized carbons (Fsp3) is 0.250. The van der Waals surface area contributed by atoms with Crippen LogP contribution in [-0.4, -0.2) is 36.8 Å². The van der Waals surface area contributed by atoms with Crippen molar-refractivity contribution in [3.05, 3.63) is 58.6 Å². The number of sulfonamides is 1. The molecule has 0 fully saturated rings. The number of benzene rings is 2. The van der Waals surface area contributed by atoms with Gasteiger partial charge >= 0.3 is 0 Å². The first-order valence-corrected chi connectivity index (χ1v) is 12.1. The standard InChI is InChI=1S/C20H21ClN4O3S2/c1-12-5-8-15(9-6-12)19-23-24-20(29-19)22-18(26)14(3)25(30(4,27)28)16-10-7-13(2)17(21)11-16/h5-11,14H,1-4H3,(H,22,24,26)/t14-/m1/s1. The van der Waals surface area contributed by atoms with Crippen LogP contribution in [0.4, 0.5) is 10.8 Å². The maximum absolute atomic E-state index is 12.8. The van der Waals surface area contributed by atoms with Gasteiger partial charge in [0.25, 0.3) is 0 Å². The van der Waals surface area contributed by atoms with E-state index in [0.29, 0.717) is 15.7 Å². The molecule has 0 unspecified atom stereocenters. The summed E-state index contributed by atoms with van der Waals surface area (Å²) in [5, 5.41) is 12.1. The van der Waals surface area contributed by atoms with Crippen LogP contribution in [0.25, 0.3) is 10.6 Å². The van der Waals surface area contributed by atoms with E-state index in [1.165, 1.54) is 24.3 Å². The average Bonchev–Trinajstić information content (AvgIpc) is 3.12. The number of anilines is 2. The van der Waals surface area contributed by atoms with E-state index in [2.05, 4.69) is 15.5 Å². The summed E-state index contributed by atoms with van der Waals surface area (Å²) in [6.07, 6.45) is 1.05. The minimum atomic E-state index is -3.74. The lowest BCUT2D eigenvalue weighted by atomic mass is 10.2. The number of carbonyl (C=O) groups excluding carboxylic acids is 1. The minimum Gasteiger partial charge on any atom is -0.299 e. The molecule has 1 heterocycles. The van der Waals surface area contributed by atoms with Crippen molar-refractivity contribution in [1.82, 2.24) is 10.2 Å². The largest absolute Gasteiger partial charge is 0.299 e. The molecule has 158 valence electrons. The number of amides is 1. The van der Waals surface area contributed by atoms with E-state index in [1.54, 1.807) is 12.1 Å². The van der Waals surface area contributed by atoms with Gasteiger partial charge in [0.2, 0.25) is 21.1 Å². The Kier molecular flexibility index (Phi) is 6.44. The fourth-order valence-corrected chi connectivity index (χ4v) is 4.92. The van der Waals surface area contributed by atoms with Crippen LogP contribution in [0, 0.1) is 13.8 Å². The van der Waals surface area contributed by atoms with Crippen molar-refractivity contribution in [2.24, 2.45) is 0 Å². The highest BCUT2D eigenvalue weighted by atomic mass is 35.5. The van der Waals surface area contributed by atoms with Crippen molar-refractivity contribution in [2.45, 2.75) is 26.8 Å². The molecule has 1 N–H and O–H groups in total. The summed E-state index contributed by atoms with van der Waals surface area (Å²) in [5.41, 5.74) is 3.14. The second kappa shape index (κ2) is 8.71. The van der Waals surface area contributed by atoms with E-state index in [-0.39, 0.29) is 5.13 Å². The van der Waals surface area contributed by atoms with Gasteiger partial charge in [0, 0.05) is 10.6 Å². The van der Waals surface area contributed by atoms with Crippen LogP contribution in [0.5, 0.6) is 0 Å². The zero-order valence-electron chi connectivity index (χ0n) is 16.9. The van der Waals surface area contributed by atoms with Crippen molar-refractivity contribution in [1.29, 1.82) is 0 Å². The molecule has 1 atom stereocenters. The molecule has 7 nitrogen and oxygen atoms in total. The topological polar surface area (TPSA) is 92.3 Å². The van der Waals surface area contributed by atoms with Crippen LogP contribution in [-0.2, 0) is 14.8 Å². The molecule has 0 aliphatic heterocycles. The summed E-state index contributed by atoms with van der Waals surface area (Å²) in [7, 11) is -3.74. The van der Waals surface area contributed by atoms with Gasteiger partial charge in [-0.05, 0) is 38.5 Å². The Balaban J connectivity index is 1.82. The van der Waals surface area contributed by atoms with Crippen molar-refractivity contribution < 1.29 is 13.2 Å². The van der Waals surface area contributed by atoms with E-state index >= 15 is 0 Å². The fourth-order valence-electron chi connectivity index (χ4n) is 2.82. The van der Waals surface area contributed by atoms with Gasteiger partial charge in [-0.25, -0.2) is 8.42 Å². The Bertz CT molecular complexity index is 1180. The predicted molar refractivity (Wildman–Crippen MR) is 122 cm³/mol. The molecule has 10 heteroatoms. The van der Waals surface area contributed by atoms with E-state index in [9.17, 15) is 13.2 Å². The monoisotopic (exact) mass is 464 g/mol. The summed E-state index contributed by atoms with van der Waals surface area (Å²) in [5.74, 6) is -0.524. The van der Waals surface area contributed by atoms with Gasteiger partial charge < -0.3 is 0 Å². The highest BCUT2D eigenvalue weighted by Crippen LogP contribution is 2.29. The number of aryl methyl sites for hydroxylation is 2. The van der Waals surface area contributed by atoms with Gasteiger partial charge in [0.05, 0.1) is 11.9 Å². The minimum absolute atomic E-state index is 0.290. The number of aromatic nitrogens is 2. The Morgan fingerprint density at radius 1 is 1.13 bits per heavy atom. The molecule has 1 amide bonds. The number of carbonyl (C=O) groups is 1. The average molecular weight is 465 g/mol. The second-order valence-corrected chi connectivity index (χ2v) is 10.2. The number of halogens is 1. The lowest BCUT2D eigenvalue weighted by Gasteiger charge is -2.28. The summed E-state index contributed by atoms with van der Waals surface area (Å²) in [6, 6.07) is 11.6. The molecular formula is C20H21ClN4O3S2. The van der Waals surface area contributed by atoms with Gasteiger partial charge in [-0.3, -0.25) is 14.4 Å². The van der Waals surface area contributed by atoms with Gasteiger partial charge in [-0.1, -0.05) is 58.8 Å². The molecule has 0 bridgehead atoms. The van der Waals surface area contributed by atoms with E-state index < -0.39 is 22.0 Å². The first-order valence-electron chi connectivity index (χ1n) is 9.03. The lowest BCUT2D eigenvalue weighted by molar-refractivity contribution is -0.116. The molecule has 1 aromatic heterocycles. The number of hydrogen-bond donors (Lipinski definition) is 1. The van der Waals surface area contributed by atoms with Gasteiger partial charge in [-0.15, -0.1) is 10.2 Å². The van der Waals surface area contributed by atoms with Crippen LogP contribution >= 0.6 is 22.9 Å². The molecule has 2 aromatic carbocycles. The van der Waals surface area contributed by atoms with Crippen molar-refractivity contribution in [3.8, 4) is 10.6 Å². The SMILES string of the molecule is Cc1ccc(-c2nnc(NC(=O)[C@@H](C)N(c3ccc(C)c(Cl)c3)S(C)(=O)=O)s2)cc1. The molecule has 0 saturated carbocycles. The number of hydrogen-bond acceptors (Lipinski definition) is 6. The van der Waals surface area contributed by atoms with E-state index in [0.717, 1.165) is 27.3 Å². The summed E-state index contributed by atoms with van der Waals surface area (Å²) in [4.78, 5) is 12.8. The zero-order valence-corrected chi connectivity index (χ0v) is 19.3. The summed E-state index contributed by atoms with van der Waals surface area (Å²) < 4.78 is 25.9. The van der Waals surface area contributed by atoms with Crippen LogP contribution in [0.15, 0.2) is 42.5 Å². The van der Waals surface area contributed by atoms with Crippen LogP contribution in [0.2, 0.25) is 5.02 Å². The smallest absolute Gasteiger partial charge is 0.249 e. The first kappa shape index (κ1) is 22.2. The van der Waals surface area contributed by atoms with E-state index in [4.69, 9.17) is 11.6 Å². The Labute approximate surface area is 184 Å². The molecule has 0 aliphatic carbocycles. The van der Waals surface area contributed by atoms with Crippen LogP contribution in [0.3, 0.4) is 0 Å². The third-order valence-electron chi connectivity index (χ3n) is 4.45. The first-order chi connectivity index (χ1) is 14.1. The summed E-state index contributed by atoms with van der Waals surface area (Å²) >= 11 is 7.37. The molecule has 0 saturated heterocycles. The molecule has 3 rings (SSSR count). The molecular weight excluding hydrogens is 444 g/mol. The van der Waals surface area contributed by atoms with Crippen LogP contribution in [0.1, 0.15) is 18.1 Å². The molecule has 0 spiro atoms. The third-order valence-corrected chi connectivity index (χ3v) is 6.99. The zero-order chi connectivity index (χ0) is 22.1. The highest BCUT2D eigenvalue weighted by Gasteiger charge is 2.30. The number of nitrogens with one attached hydrogen (secondary N) is 1. The van der Waals surface area contributed by atoms with Crippen molar-refractivity contribution in [2.75, 3.05) is 15.9 Å². The molecule has 0 radical (unpaired) electrons. The van der Waals surface area contributed by atoms with Gasteiger partial charge in [0.1, 0.15) is 11.0 Å². The number of nitrogens with zero attached hydrogens (tertiary/aromatic N) is 3. The quantitative estimate of drug-likeness (QED) is 0.588. The highest BCUT2D eigenvalue weighted by molar-refractivity contribution is 7.92. The molecule has 30 heavy (non-hydrogen) atoms. The van der Waals surface area contributed by atoms with E-state index in [1.807, 2.05) is 38.1 Å². The van der Waals surface area contributed by atoms with Crippen molar-refractivity contribution in [3.63, 3.8) is 0 Å². The Hall–Kier alpha value is -2.49. The maximum Gasteiger partial charge on any atom is 0.249 e. The van der Waals surface area contributed by atoms with Gasteiger partial charge in [0.15, 0.2) is 0 Å². The summed E-state index contributed by atoms with van der Waals surface area (Å²) in [6.45, 7) is 5.31. The Morgan fingerprint density at radius 2 is 1.80 bits per heavy atom. The number of rotatable bonds is 6. The lowest BCUT2D eigenvalue weighted by Crippen LogP contribution is -2.45. The molecule has 3 aromatic rings. The van der Waals surface area contributed by atoms with Crippen molar-refractivity contribution >= 4 is 49.7 Å². The second-order valence-electron chi connectivity index (χ2n) is 6.94. The molecule has 0 aliphatic rings. The normalized spacial score (nSPS) is 12.4.